The van der Waals surface area contributed by atoms with Gasteiger partial charge in [0.15, 0.2) is 0 Å². The van der Waals surface area contributed by atoms with Gasteiger partial charge in [-0.3, -0.25) is 0 Å². The largest absolute Gasteiger partial charge is 0.327 e. The molecule has 1 nitrogen and oxygen atoms in total. The SMILES string of the molecule is CC(C)c1ccc(Cn2c(Cl)[c]c3ccccc32)cc1. The van der Waals surface area contributed by atoms with Gasteiger partial charge in [0.2, 0.25) is 0 Å². The van der Waals surface area contributed by atoms with E-state index in [0.717, 1.165) is 17.4 Å². The van der Waals surface area contributed by atoms with Crippen molar-refractivity contribution in [3.8, 4) is 0 Å². The molecule has 0 fully saturated rings. The van der Waals surface area contributed by atoms with Crippen LogP contribution in [0.2, 0.25) is 5.15 Å². The summed E-state index contributed by atoms with van der Waals surface area (Å²) in [6, 6.07) is 20.1. The van der Waals surface area contributed by atoms with Crippen LogP contribution in [0.1, 0.15) is 30.9 Å². The quantitative estimate of drug-likeness (QED) is 0.617. The number of aromatic nitrogens is 1. The number of halogens is 1. The molecule has 1 heterocycles. The topological polar surface area (TPSA) is 4.93 Å². The number of fused-ring (bicyclic) bond motifs is 1. The second kappa shape index (κ2) is 5.34. The van der Waals surface area contributed by atoms with E-state index in [-0.39, 0.29) is 0 Å². The number of hydrogen-bond acceptors (Lipinski definition) is 0. The normalized spacial score (nSPS) is 11.4. The molecule has 0 aliphatic carbocycles. The zero-order valence-corrected chi connectivity index (χ0v) is 12.5. The first-order valence-corrected chi connectivity index (χ1v) is 7.28. The predicted molar refractivity (Wildman–Crippen MR) is 85.4 cm³/mol. The Labute approximate surface area is 124 Å². The van der Waals surface area contributed by atoms with Gasteiger partial charge in [0, 0.05) is 18.0 Å². The molecule has 0 saturated heterocycles. The van der Waals surface area contributed by atoms with Crippen molar-refractivity contribution in [2.45, 2.75) is 26.3 Å². The molecule has 2 aromatic carbocycles. The van der Waals surface area contributed by atoms with Crippen molar-refractivity contribution >= 4 is 22.5 Å². The van der Waals surface area contributed by atoms with E-state index >= 15 is 0 Å². The summed E-state index contributed by atoms with van der Waals surface area (Å²) in [7, 11) is 0. The minimum absolute atomic E-state index is 0.563. The van der Waals surface area contributed by atoms with Gasteiger partial charge in [0.05, 0.1) is 5.52 Å². The molecule has 1 aromatic heterocycles. The molecule has 0 unspecified atom stereocenters. The molecule has 3 aromatic rings. The summed E-state index contributed by atoms with van der Waals surface area (Å²) >= 11 is 6.31. The van der Waals surface area contributed by atoms with Crippen molar-refractivity contribution in [3.63, 3.8) is 0 Å². The number of rotatable bonds is 3. The molecular formula is C18H17ClN. The van der Waals surface area contributed by atoms with Crippen molar-refractivity contribution in [2.24, 2.45) is 0 Å². The number of benzene rings is 2. The van der Waals surface area contributed by atoms with E-state index in [1.807, 2.05) is 18.2 Å². The highest BCUT2D eigenvalue weighted by molar-refractivity contribution is 6.30. The molecule has 0 N–H and O–H groups in total. The Morgan fingerprint density at radius 2 is 1.75 bits per heavy atom. The van der Waals surface area contributed by atoms with Crippen LogP contribution < -0.4 is 0 Å². The molecule has 20 heavy (non-hydrogen) atoms. The Morgan fingerprint density at radius 3 is 2.45 bits per heavy atom. The highest BCUT2D eigenvalue weighted by Gasteiger charge is 2.07. The van der Waals surface area contributed by atoms with Gasteiger partial charge in [-0.05, 0) is 23.1 Å². The van der Waals surface area contributed by atoms with Crippen molar-refractivity contribution in [2.75, 3.05) is 0 Å². The number of nitrogens with zero attached hydrogens (tertiary/aromatic N) is 1. The molecule has 1 radical (unpaired) electrons. The van der Waals surface area contributed by atoms with E-state index in [0.29, 0.717) is 11.1 Å². The van der Waals surface area contributed by atoms with E-state index in [2.05, 4.69) is 54.8 Å². The summed E-state index contributed by atoms with van der Waals surface area (Å²) in [5.41, 5.74) is 3.75. The lowest BCUT2D eigenvalue weighted by atomic mass is 10.0. The van der Waals surface area contributed by atoms with Crippen LogP contribution in [-0.2, 0) is 6.54 Å². The number of para-hydroxylation sites is 1. The molecule has 0 spiro atoms. The Hall–Kier alpha value is -1.73. The van der Waals surface area contributed by atoms with E-state index in [4.69, 9.17) is 11.6 Å². The third-order valence-corrected chi connectivity index (χ3v) is 3.96. The fraction of sp³-hybridized carbons (Fsp3) is 0.222. The van der Waals surface area contributed by atoms with E-state index in [1.165, 1.54) is 11.1 Å². The second-order valence-corrected chi connectivity index (χ2v) is 5.77. The maximum absolute atomic E-state index is 6.31. The lowest BCUT2D eigenvalue weighted by Crippen LogP contribution is -1.99. The molecule has 0 aliphatic rings. The van der Waals surface area contributed by atoms with Crippen molar-refractivity contribution in [1.82, 2.24) is 4.57 Å². The first kappa shape index (κ1) is 13.3. The van der Waals surface area contributed by atoms with Crippen LogP contribution in [0, 0.1) is 6.07 Å². The van der Waals surface area contributed by atoms with Crippen LogP contribution in [0.3, 0.4) is 0 Å². The minimum atomic E-state index is 0.563. The van der Waals surface area contributed by atoms with E-state index in [9.17, 15) is 0 Å². The van der Waals surface area contributed by atoms with Gasteiger partial charge in [-0.1, -0.05) is 67.9 Å². The fourth-order valence-corrected chi connectivity index (χ4v) is 2.70. The predicted octanol–water partition coefficient (Wildman–Crippen LogP) is 5.27. The molecule has 0 bridgehead atoms. The molecule has 101 valence electrons. The third-order valence-electron chi connectivity index (χ3n) is 3.66. The maximum atomic E-state index is 6.31. The highest BCUT2D eigenvalue weighted by atomic mass is 35.5. The van der Waals surface area contributed by atoms with Gasteiger partial charge in [0.1, 0.15) is 5.15 Å². The summed E-state index contributed by atoms with van der Waals surface area (Å²) in [4.78, 5) is 0. The Morgan fingerprint density at radius 1 is 1.05 bits per heavy atom. The first-order valence-electron chi connectivity index (χ1n) is 6.90. The van der Waals surface area contributed by atoms with Gasteiger partial charge >= 0.3 is 0 Å². The van der Waals surface area contributed by atoms with Crippen molar-refractivity contribution in [1.29, 1.82) is 0 Å². The molecule has 0 aliphatic heterocycles. The van der Waals surface area contributed by atoms with Crippen LogP contribution in [0.25, 0.3) is 10.9 Å². The Kier molecular flexibility index (Phi) is 3.54. The number of hydrogen-bond donors (Lipinski definition) is 0. The van der Waals surface area contributed by atoms with Crippen LogP contribution in [0.4, 0.5) is 0 Å². The summed E-state index contributed by atoms with van der Waals surface area (Å²) in [6.07, 6.45) is 0. The zero-order valence-electron chi connectivity index (χ0n) is 11.7. The molecular weight excluding hydrogens is 266 g/mol. The van der Waals surface area contributed by atoms with Crippen LogP contribution in [-0.4, -0.2) is 4.57 Å². The summed E-state index contributed by atoms with van der Waals surface area (Å²) < 4.78 is 2.10. The van der Waals surface area contributed by atoms with Gasteiger partial charge in [-0.15, -0.1) is 0 Å². The average molecular weight is 283 g/mol. The van der Waals surface area contributed by atoms with Gasteiger partial charge in [0.25, 0.3) is 0 Å². The van der Waals surface area contributed by atoms with E-state index in [1.54, 1.807) is 0 Å². The molecule has 0 amide bonds. The smallest absolute Gasteiger partial charge is 0.118 e. The molecule has 2 heteroatoms. The Balaban J connectivity index is 1.94. The lowest BCUT2D eigenvalue weighted by molar-refractivity contribution is 0.829. The van der Waals surface area contributed by atoms with Crippen molar-refractivity contribution < 1.29 is 0 Å². The van der Waals surface area contributed by atoms with Gasteiger partial charge in [-0.25, -0.2) is 0 Å². The molecule has 3 rings (SSSR count). The zero-order chi connectivity index (χ0) is 14.1. The van der Waals surface area contributed by atoms with E-state index < -0.39 is 0 Å². The minimum Gasteiger partial charge on any atom is -0.327 e. The third kappa shape index (κ3) is 2.46. The van der Waals surface area contributed by atoms with Gasteiger partial charge < -0.3 is 4.57 Å². The summed E-state index contributed by atoms with van der Waals surface area (Å²) in [6.45, 7) is 5.20. The lowest BCUT2D eigenvalue weighted by Gasteiger charge is -2.10. The maximum Gasteiger partial charge on any atom is 0.118 e. The Bertz CT molecular complexity index is 723. The molecule has 0 atom stereocenters. The average Bonchev–Trinajstić information content (AvgIpc) is 2.76. The first-order chi connectivity index (χ1) is 9.65. The molecule has 0 saturated carbocycles. The van der Waals surface area contributed by atoms with Crippen LogP contribution in [0.5, 0.6) is 0 Å². The van der Waals surface area contributed by atoms with Crippen LogP contribution in [0.15, 0.2) is 48.5 Å². The summed E-state index contributed by atoms with van der Waals surface area (Å²) in [5.74, 6) is 0.563. The standard InChI is InChI=1S/C18H17ClN/c1-13(2)15-9-7-14(8-10-15)12-20-17-6-4-3-5-16(17)11-18(20)19/h3-10,13H,12H2,1-2H3. The summed E-state index contributed by atoms with van der Waals surface area (Å²) in [5, 5.41) is 1.73. The van der Waals surface area contributed by atoms with Crippen LogP contribution >= 0.6 is 11.6 Å². The fourth-order valence-electron chi connectivity index (χ4n) is 2.44. The highest BCUT2D eigenvalue weighted by Crippen LogP contribution is 2.24. The van der Waals surface area contributed by atoms with Crippen molar-refractivity contribution in [3.05, 3.63) is 70.9 Å². The van der Waals surface area contributed by atoms with Gasteiger partial charge in [-0.2, -0.15) is 0 Å². The second-order valence-electron chi connectivity index (χ2n) is 5.42. The monoisotopic (exact) mass is 282 g/mol.